The number of hydrogen-bond donors (Lipinski definition) is 1. The molecule has 2 aromatic rings. The summed E-state index contributed by atoms with van der Waals surface area (Å²) in [5.74, 6) is -0.100. The molecule has 0 atom stereocenters. The minimum Gasteiger partial charge on any atom is -0.464 e. The van der Waals surface area contributed by atoms with Gasteiger partial charge in [-0.1, -0.05) is 12.1 Å². The fourth-order valence-electron chi connectivity index (χ4n) is 1.92. The molecule has 6 heteroatoms. The molecule has 0 aliphatic heterocycles. The quantitative estimate of drug-likeness (QED) is 0.920. The zero-order valence-corrected chi connectivity index (χ0v) is 12.4. The Bertz CT molecular complexity index is 682. The number of hydrogen-bond acceptors (Lipinski definition) is 3. The number of aryl methyl sites for hydroxylation is 1. The first-order valence-corrected chi connectivity index (χ1v) is 6.79. The van der Waals surface area contributed by atoms with E-state index < -0.39 is 11.7 Å². The molecule has 0 radical (unpaired) electrons. The van der Waals surface area contributed by atoms with Gasteiger partial charge < -0.3 is 14.6 Å². The molecule has 1 aromatic carbocycles. The molecule has 1 aromatic heterocycles. The van der Waals surface area contributed by atoms with Gasteiger partial charge in [-0.05, 0) is 31.2 Å². The third-order valence-corrected chi connectivity index (χ3v) is 3.13. The molecule has 0 unspecified atom stereocenters. The van der Waals surface area contributed by atoms with Crippen molar-refractivity contribution in [3.8, 4) is 0 Å². The third-order valence-electron chi connectivity index (χ3n) is 3.13. The minimum absolute atomic E-state index is 0.0837. The molecule has 5 nitrogen and oxygen atoms in total. The maximum absolute atomic E-state index is 13.4. The van der Waals surface area contributed by atoms with Crippen LogP contribution in [0.5, 0.6) is 0 Å². The first-order valence-electron chi connectivity index (χ1n) is 6.79. The van der Waals surface area contributed by atoms with Crippen LogP contribution in [0.4, 0.5) is 4.39 Å². The second kappa shape index (κ2) is 6.89. The van der Waals surface area contributed by atoms with Crippen LogP contribution < -0.4 is 5.32 Å². The smallest absolute Gasteiger partial charge is 0.254 e. The molecular weight excluding hydrogens is 287 g/mol. The van der Waals surface area contributed by atoms with E-state index in [0.29, 0.717) is 12.3 Å². The van der Waals surface area contributed by atoms with Gasteiger partial charge in [0.15, 0.2) is 0 Å². The van der Waals surface area contributed by atoms with E-state index in [1.165, 1.54) is 23.1 Å². The Labute approximate surface area is 127 Å². The van der Waals surface area contributed by atoms with Crippen LogP contribution in [0.25, 0.3) is 0 Å². The highest BCUT2D eigenvalue weighted by molar-refractivity contribution is 5.96. The van der Waals surface area contributed by atoms with Crippen molar-refractivity contribution in [2.24, 2.45) is 0 Å². The third kappa shape index (κ3) is 3.94. The molecule has 116 valence electrons. The number of amides is 2. The summed E-state index contributed by atoms with van der Waals surface area (Å²) in [6.07, 6.45) is 0. The van der Waals surface area contributed by atoms with Crippen LogP contribution >= 0.6 is 0 Å². The van der Waals surface area contributed by atoms with Gasteiger partial charge in [-0.15, -0.1) is 0 Å². The normalized spacial score (nSPS) is 10.3. The summed E-state index contributed by atoms with van der Waals surface area (Å²) < 4.78 is 18.8. The second-order valence-electron chi connectivity index (χ2n) is 4.92. The van der Waals surface area contributed by atoms with Gasteiger partial charge in [0.05, 0.1) is 18.7 Å². The lowest BCUT2D eigenvalue weighted by Crippen LogP contribution is -2.38. The largest absolute Gasteiger partial charge is 0.464 e. The van der Waals surface area contributed by atoms with Crippen molar-refractivity contribution in [1.29, 1.82) is 0 Å². The number of carbonyl (C=O) groups excluding carboxylic acids is 2. The number of rotatable bonds is 5. The summed E-state index contributed by atoms with van der Waals surface area (Å²) in [6, 6.07) is 9.22. The fourth-order valence-corrected chi connectivity index (χ4v) is 1.92. The summed E-state index contributed by atoms with van der Waals surface area (Å²) >= 11 is 0. The number of benzene rings is 1. The Morgan fingerprint density at radius 2 is 1.95 bits per heavy atom. The first-order chi connectivity index (χ1) is 10.5. The van der Waals surface area contributed by atoms with Crippen LogP contribution in [0.3, 0.4) is 0 Å². The van der Waals surface area contributed by atoms with Gasteiger partial charge in [-0.2, -0.15) is 0 Å². The van der Waals surface area contributed by atoms with Gasteiger partial charge in [0.1, 0.15) is 17.3 Å². The van der Waals surface area contributed by atoms with E-state index in [-0.39, 0.29) is 18.0 Å². The molecule has 2 rings (SSSR count). The highest BCUT2D eigenvalue weighted by Gasteiger charge is 2.15. The van der Waals surface area contributed by atoms with Crippen LogP contribution in [0.2, 0.25) is 0 Å². The van der Waals surface area contributed by atoms with Crippen molar-refractivity contribution in [2.45, 2.75) is 13.5 Å². The van der Waals surface area contributed by atoms with E-state index >= 15 is 0 Å². The molecule has 2 amide bonds. The van der Waals surface area contributed by atoms with E-state index in [4.69, 9.17) is 4.42 Å². The lowest BCUT2D eigenvalue weighted by Gasteiger charge is -2.16. The molecule has 22 heavy (non-hydrogen) atoms. The summed E-state index contributed by atoms with van der Waals surface area (Å²) in [5, 5.41) is 2.41. The van der Waals surface area contributed by atoms with Crippen molar-refractivity contribution in [3.63, 3.8) is 0 Å². The number of nitrogens with zero attached hydrogens (tertiary/aromatic N) is 1. The van der Waals surface area contributed by atoms with Gasteiger partial charge in [-0.3, -0.25) is 9.59 Å². The van der Waals surface area contributed by atoms with Crippen molar-refractivity contribution in [1.82, 2.24) is 10.2 Å². The van der Waals surface area contributed by atoms with E-state index in [2.05, 4.69) is 5.32 Å². The van der Waals surface area contributed by atoms with Crippen LogP contribution in [-0.2, 0) is 11.3 Å². The molecule has 0 aliphatic carbocycles. The van der Waals surface area contributed by atoms with E-state index in [1.54, 1.807) is 19.2 Å². The molecule has 1 N–H and O–H groups in total. The fraction of sp³-hybridized carbons (Fsp3) is 0.250. The Morgan fingerprint density at radius 3 is 2.59 bits per heavy atom. The van der Waals surface area contributed by atoms with E-state index in [1.807, 2.05) is 13.0 Å². The highest BCUT2D eigenvalue weighted by Crippen LogP contribution is 2.09. The van der Waals surface area contributed by atoms with Gasteiger partial charge in [0, 0.05) is 7.05 Å². The Kier molecular flexibility index (Phi) is 4.93. The van der Waals surface area contributed by atoms with Gasteiger partial charge >= 0.3 is 0 Å². The minimum atomic E-state index is -0.619. The Morgan fingerprint density at radius 1 is 1.23 bits per heavy atom. The van der Waals surface area contributed by atoms with Crippen LogP contribution in [0.1, 0.15) is 21.9 Å². The molecule has 0 aliphatic rings. The number of nitrogens with one attached hydrogen (secondary N) is 1. The van der Waals surface area contributed by atoms with Crippen molar-refractivity contribution in [3.05, 3.63) is 59.3 Å². The maximum atomic E-state index is 13.4. The van der Waals surface area contributed by atoms with Crippen LogP contribution in [-0.4, -0.2) is 30.3 Å². The van der Waals surface area contributed by atoms with Gasteiger partial charge in [0.25, 0.3) is 5.91 Å². The summed E-state index contributed by atoms with van der Waals surface area (Å²) in [7, 11) is 1.61. The molecular formula is C16H17FN2O3. The van der Waals surface area contributed by atoms with E-state index in [9.17, 15) is 14.0 Å². The lowest BCUT2D eigenvalue weighted by atomic mass is 10.2. The predicted molar refractivity (Wildman–Crippen MR) is 78.7 cm³/mol. The Hall–Kier alpha value is -2.63. The average molecular weight is 304 g/mol. The topological polar surface area (TPSA) is 62.6 Å². The zero-order chi connectivity index (χ0) is 16.1. The summed E-state index contributed by atoms with van der Waals surface area (Å²) in [4.78, 5) is 25.2. The molecule has 1 heterocycles. The standard InChI is InChI=1S/C16H17FN2O3/c1-11-7-8-12(22-11)10-19(2)15(20)9-18-16(21)13-5-3-4-6-14(13)17/h3-8H,9-10H2,1-2H3,(H,18,21). The van der Waals surface area contributed by atoms with Gasteiger partial charge in [-0.25, -0.2) is 4.39 Å². The molecule has 0 bridgehead atoms. The highest BCUT2D eigenvalue weighted by atomic mass is 19.1. The average Bonchev–Trinajstić information content (AvgIpc) is 2.90. The van der Waals surface area contributed by atoms with Gasteiger partial charge in [0.2, 0.25) is 5.91 Å². The molecule has 0 saturated carbocycles. The van der Waals surface area contributed by atoms with Crippen molar-refractivity contribution in [2.75, 3.05) is 13.6 Å². The lowest BCUT2D eigenvalue weighted by molar-refractivity contribution is -0.129. The number of halogens is 1. The first kappa shape index (κ1) is 15.8. The monoisotopic (exact) mass is 304 g/mol. The molecule has 0 spiro atoms. The number of carbonyl (C=O) groups is 2. The summed E-state index contributed by atoms with van der Waals surface area (Å²) in [5.41, 5.74) is -0.0837. The number of likely N-dealkylation sites (N-methyl/N-ethyl adjacent to an activating group) is 1. The Balaban J connectivity index is 1.87. The van der Waals surface area contributed by atoms with Crippen LogP contribution in [0.15, 0.2) is 40.8 Å². The summed E-state index contributed by atoms with van der Waals surface area (Å²) in [6.45, 7) is 1.92. The predicted octanol–water partition coefficient (Wildman–Crippen LogP) is 2.12. The van der Waals surface area contributed by atoms with Crippen molar-refractivity contribution < 1.29 is 18.4 Å². The SMILES string of the molecule is Cc1ccc(CN(C)C(=O)CNC(=O)c2ccccc2F)o1. The molecule has 0 saturated heterocycles. The van der Waals surface area contributed by atoms with E-state index in [0.717, 1.165) is 5.76 Å². The number of furan rings is 1. The van der Waals surface area contributed by atoms with Crippen LogP contribution in [0, 0.1) is 12.7 Å². The molecule has 0 fully saturated rings. The zero-order valence-electron chi connectivity index (χ0n) is 12.4. The van der Waals surface area contributed by atoms with Crippen molar-refractivity contribution >= 4 is 11.8 Å². The second-order valence-corrected chi connectivity index (χ2v) is 4.92. The maximum Gasteiger partial charge on any atom is 0.254 e.